The molecular formula is C20H22N4O5. The van der Waals surface area contributed by atoms with Crippen LogP contribution in [0.4, 0.5) is 5.69 Å². The molecule has 2 amide bonds. The van der Waals surface area contributed by atoms with E-state index in [0.29, 0.717) is 23.5 Å². The number of amides is 2. The van der Waals surface area contributed by atoms with Crippen LogP contribution < -0.4 is 15.5 Å². The van der Waals surface area contributed by atoms with Crippen molar-refractivity contribution in [3.8, 4) is 5.75 Å². The first-order valence-corrected chi connectivity index (χ1v) is 9.07. The Labute approximate surface area is 167 Å². The Morgan fingerprint density at radius 2 is 1.83 bits per heavy atom. The number of nitro groups is 1. The van der Waals surface area contributed by atoms with E-state index in [1.807, 2.05) is 0 Å². The molecule has 0 spiro atoms. The maximum absolute atomic E-state index is 12.1. The maximum atomic E-state index is 12.1. The highest BCUT2D eigenvalue weighted by molar-refractivity contribution is 5.96. The molecule has 0 saturated heterocycles. The molecule has 2 N–H and O–H groups in total. The van der Waals surface area contributed by atoms with Gasteiger partial charge in [-0.2, -0.15) is 5.10 Å². The summed E-state index contributed by atoms with van der Waals surface area (Å²) in [5, 5.41) is 16.8. The van der Waals surface area contributed by atoms with Crippen LogP contribution in [-0.2, 0) is 4.79 Å². The number of carbonyl (C=O) groups excluding carboxylic acids is 2. The zero-order chi connectivity index (χ0) is 21.1. The second-order valence-electron chi connectivity index (χ2n) is 6.05. The molecule has 0 aliphatic carbocycles. The van der Waals surface area contributed by atoms with Gasteiger partial charge in [-0.15, -0.1) is 0 Å². The molecule has 0 unspecified atom stereocenters. The van der Waals surface area contributed by atoms with Crippen molar-refractivity contribution in [3.05, 3.63) is 69.8 Å². The molecule has 29 heavy (non-hydrogen) atoms. The monoisotopic (exact) mass is 398 g/mol. The van der Waals surface area contributed by atoms with Crippen molar-refractivity contribution in [1.82, 2.24) is 10.7 Å². The van der Waals surface area contributed by atoms with Crippen LogP contribution in [0.2, 0.25) is 0 Å². The van der Waals surface area contributed by atoms with Gasteiger partial charge in [0.05, 0.1) is 24.3 Å². The summed E-state index contributed by atoms with van der Waals surface area (Å²) in [6, 6.07) is 12.4. The number of ether oxygens (including phenoxy) is 1. The third-order valence-corrected chi connectivity index (χ3v) is 3.80. The van der Waals surface area contributed by atoms with Gasteiger partial charge >= 0.3 is 0 Å². The second-order valence-corrected chi connectivity index (χ2v) is 6.05. The van der Waals surface area contributed by atoms with Crippen LogP contribution in [0.5, 0.6) is 5.75 Å². The zero-order valence-corrected chi connectivity index (χ0v) is 16.0. The second kappa shape index (κ2) is 11.2. The number of nitro benzene ring substituents is 1. The summed E-state index contributed by atoms with van der Waals surface area (Å²) in [7, 11) is 0. The number of unbranched alkanes of at least 4 members (excludes halogenated alkanes) is 1. The molecule has 2 rings (SSSR count). The lowest BCUT2D eigenvalue weighted by Crippen LogP contribution is -2.34. The van der Waals surface area contributed by atoms with Gasteiger partial charge in [0.25, 0.3) is 17.5 Å². The van der Waals surface area contributed by atoms with Crippen LogP contribution in [0.3, 0.4) is 0 Å². The number of rotatable bonds is 10. The minimum Gasteiger partial charge on any atom is -0.494 e. The number of hydrogen-bond acceptors (Lipinski definition) is 6. The smallest absolute Gasteiger partial charge is 0.269 e. The third-order valence-electron chi connectivity index (χ3n) is 3.80. The minimum absolute atomic E-state index is 0.0329. The number of hydrogen-bond donors (Lipinski definition) is 2. The normalized spacial score (nSPS) is 10.5. The van der Waals surface area contributed by atoms with Crippen LogP contribution >= 0.6 is 0 Å². The molecule has 0 aromatic heterocycles. The molecule has 2 aromatic rings. The van der Waals surface area contributed by atoms with Crippen molar-refractivity contribution in [2.24, 2.45) is 5.10 Å². The summed E-state index contributed by atoms with van der Waals surface area (Å²) in [6.07, 6.45) is 3.35. The molecule has 0 atom stereocenters. The summed E-state index contributed by atoms with van der Waals surface area (Å²) in [4.78, 5) is 33.9. The van der Waals surface area contributed by atoms with Crippen LogP contribution in [-0.4, -0.2) is 36.1 Å². The molecule has 0 aliphatic heterocycles. The Hall–Kier alpha value is -3.75. The van der Waals surface area contributed by atoms with Gasteiger partial charge in [-0.1, -0.05) is 13.3 Å². The molecule has 2 aromatic carbocycles. The summed E-state index contributed by atoms with van der Waals surface area (Å²) in [5.41, 5.74) is 3.24. The lowest BCUT2D eigenvalue weighted by atomic mass is 10.2. The molecule has 0 bridgehead atoms. The number of non-ortho nitro benzene ring substituents is 1. The number of nitrogens with zero attached hydrogens (tertiary/aromatic N) is 2. The van der Waals surface area contributed by atoms with E-state index in [1.54, 1.807) is 24.3 Å². The fourth-order valence-corrected chi connectivity index (χ4v) is 2.20. The van der Waals surface area contributed by atoms with Gasteiger partial charge in [0.15, 0.2) is 0 Å². The Kier molecular flexibility index (Phi) is 8.30. The van der Waals surface area contributed by atoms with Gasteiger partial charge in [0.2, 0.25) is 0 Å². The average Bonchev–Trinajstić information content (AvgIpc) is 2.73. The third kappa shape index (κ3) is 7.41. The minimum atomic E-state index is -0.504. The molecule has 0 radical (unpaired) electrons. The van der Waals surface area contributed by atoms with E-state index in [-0.39, 0.29) is 18.1 Å². The van der Waals surface area contributed by atoms with Crippen molar-refractivity contribution < 1.29 is 19.2 Å². The lowest BCUT2D eigenvalue weighted by Gasteiger charge is -2.07. The molecular weight excluding hydrogens is 376 g/mol. The van der Waals surface area contributed by atoms with Gasteiger partial charge in [0, 0.05) is 17.7 Å². The van der Waals surface area contributed by atoms with Gasteiger partial charge < -0.3 is 10.1 Å². The lowest BCUT2D eigenvalue weighted by molar-refractivity contribution is -0.384. The summed E-state index contributed by atoms with van der Waals surface area (Å²) in [6.45, 7) is 2.46. The summed E-state index contributed by atoms with van der Waals surface area (Å²) < 4.78 is 5.53. The van der Waals surface area contributed by atoms with Gasteiger partial charge in [-0.05, 0) is 48.4 Å². The highest BCUT2D eigenvalue weighted by Crippen LogP contribution is 2.13. The van der Waals surface area contributed by atoms with Crippen LogP contribution in [0.25, 0.3) is 0 Å². The topological polar surface area (TPSA) is 123 Å². The van der Waals surface area contributed by atoms with Crippen LogP contribution in [0.15, 0.2) is 53.6 Å². The maximum Gasteiger partial charge on any atom is 0.269 e. The first-order chi connectivity index (χ1) is 14.0. The van der Waals surface area contributed by atoms with Gasteiger partial charge in [-0.25, -0.2) is 5.43 Å². The molecule has 9 heteroatoms. The molecule has 0 heterocycles. The number of hydrazone groups is 1. The predicted molar refractivity (Wildman–Crippen MR) is 108 cm³/mol. The SMILES string of the molecule is CCCCOc1ccc(C(=O)NCC(=O)N/N=C\c2ccc([N+](=O)[O-])cc2)cc1. The van der Waals surface area contributed by atoms with E-state index in [2.05, 4.69) is 22.8 Å². The van der Waals surface area contributed by atoms with E-state index in [1.165, 1.54) is 30.5 Å². The first-order valence-electron chi connectivity index (χ1n) is 9.07. The quantitative estimate of drug-likeness (QED) is 0.276. The van der Waals surface area contributed by atoms with E-state index >= 15 is 0 Å². The van der Waals surface area contributed by atoms with Gasteiger partial charge in [-0.3, -0.25) is 19.7 Å². The Balaban J connectivity index is 1.75. The Bertz CT molecular complexity index is 863. The summed E-state index contributed by atoms with van der Waals surface area (Å²) >= 11 is 0. The highest BCUT2D eigenvalue weighted by Gasteiger charge is 2.08. The number of nitrogens with one attached hydrogen (secondary N) is 2. The van der Waals surface area contributed by atoms with Crippen molar-refractivity contribution in [3.63, 3.8) is 0 Å². The van der Waals surface area contributed by atoms with E-state index in [9.17, 15) is 19.7 Å². The highest BCUT2D eigenvalue weighted by atomic mass is 16.6. The van der Waals surface area contributed by atoms with Crippen LogP contribution in [0, 0.1) is 10.1 Å². The molecule has 0 fully saturated rings. The Morgan fingerprint density at radius 1 is 1.14 bits per heavy atom. The fraction of sp³-hybridized carbons (Fsp3) is 0.250. The largest absolute Gasteiger partial charge is 0.494 e. The molecule has 152 valence electrons. The van der Waals surface area contributed by atoms with Crippen molar-refractivity contribution >= 4 is 23.7 Å². The first kappa shape index (κ1) is 21.5. The van der Waals surface area contributed by atoms with Crippen LogP contribution in [0.1, 0.15) is 35.7 Å². The van der Waals surface area contributed by atoms with E-state index in [0.717, 1.165) is 12.8 Å². The van der Waals surface area contributed by atoms with Gasteiger partial charge in [0.1, 0.15) is 5.75 Å². The number of carbonyl (C=O) groups is 2. The predicted octanol–water partition coefficient (Wildman–Crippen LogP) is 2.65. The number of benzene rings is 2. The van der Waals surface area contributed by atoms with Crippen molar-refractivity contribution in [1.29, 1.82) is 0 Å². The molecule has 0 saturated carbocycles. The fourth-order valence-electron chi connectivity index (χ4n) is 2.20. The van der Waals surface area contributed by atoms with E-state index in [4.69, 9.17) is 4.74 Å². The summed E-state index contributed by atoms with van der Waals surface area (Å²) in [5.74, 6) is -0.205. The standard InChI is InChI=1S/C20H22N4O5/c1-2-3-12-29-18-10-6-16(7-11-18)20(26)21-14-19(25)23-22-13-15-4-8-17(9-5-15)24(27)28/h4-11,13H,2-3,12,14H2,1H3,(H,21,26)(H,23,25)/b22-13-. The Morgan fingerprint density at radius 3 is 2.45 bits per heavy atom. The van der Waals surface area contributed by atoms with E-state index < -0.39 is 10.8 Å². The molecule has 0 aliphatic rings. The van der Waals surface area contributed by atoms with Crippen molar-refractivity contribution in [2.45, 2.75) is 19.8 Å². The average molecular weight is 398 g/mol. The molecule has 9 nitrogen and oxygen atoms in total. The van der Waals surface area contributed by atoms with Crippen molar-refractivity contribution in [2.75, 3.05) is 13.2 Å². The zero-order valence-electron chi connectivity index (χ0n) is 16.0.